The summed E-state index contributed by atoms with van der Waals surface area (Å²) in [4.78, 5) is 2.64. The molecule has 0 atom stereocenters. The highest BCUT2D eigenvalue weighted by Gasteiger charge is 2.02. The maximum absolute atomic E-state index is 9.53. The Hall–Kier alpha value is -1.13. The Balaban J connectivity index is 3.83. The molecular formula is C2HN2O4S. The molecule has 49 valence electrons. The number of hydrogen-bond donors (Lipinski definition) is 0. The van der Waals surface area contributed by atoms with Gasteiger partial charge in [-0.1, -0.05) is 4.55 Å². The summed E-state index contributed by atoms with van der Waals surface area (Å²) in [5.41, 5.74) is 0. The molecule has 0 unspecified atom stereocenters. The molecule has 6 nitrogen and oxygen atoms in total. The minimum Gasteiger partial charge on any atom is -0.347 e. The second-order valence-corrected chi connectivity index (χ2v) is 1.85. The van der Waals surface area contributed by atoms with Gasteiger partial charge in [0.1, 0.15) is 0 Å². The van der Waals surface area contributed by atoms with Gasteiger partial charge in [-0.05, 0) is 0 Å². The highest BCUT2D eigenvalue weighted by Crippen LogP contribution is 1.80. The molecule has 1 radical (unpaired) electrons. The Labute approximate surface area is 51.3 Å². The van der Waals surface area contributed by atoms with Crippen LogP contribution in [0.3, 0.4) is 0 Å². The number of aliphatic imine (C=N–C) groups is 1. The van der Waals surface area contributed by atoms with Crippen molar-refractivity contribution in [2.24, 2.45) is 4.99 Å². The topological polar surface area (TPSA) is 99.4 Å². The van der Waals surface area contributed by atoms with E-state index in [1.54, 1.807) is 0 Å². The number of hydrogen-bond acceptors (Lipinski definition) is 5. The van der Waals surface area contributed by atoms with Crippen molar-refractivity contribution in [3.8, 4) is 6.19 Å². The molecule has 0 saturated heterocycles. The van der Waals surface area contributed by atoms with Crippen molar-refractivity contribution in [3.63, 3.8) is 0 Å². The van der Waals surface area contributed by atoms with Crippen LogP contribution in [0.1, 0.15) is 0 Å². The molecule has 0 spiro atoms. The summed E-state index contributed by atoms with van der Waals surface area (Å²) in [6, 6.07) is 0. The van der Waals surface area contributed by atoms with Crippen LogP contribution >= 0.6 is 0 Å². The van der Waals surface area contributed by atoms with Gasteiger partial charge in [0.25, 0.3) is 0 Å². The van der Waals surface area contributed by atoms with Gasteiger partial charge in [0.05, 0.1) is 0 Å². The average Bonchev–Trinajstić information content (AvgIpc) is 1.63. The molecule has 0 aliphatic carbocycles. The first-order chi connectivity index (χ1) is 4.06. The Kier molecular flexibility index (Phi) is 2.63. The lowest BCUT2D eigenvalue weighted by molar-refractivity contribution is 0.338. The van der Waals surface area contributed by atoms with Crippen molar-refractivity contribution < 1.29 is 17.2 Å². The van der Waals surface area contributed by atoms with Gasteiger partial charge in [0, 0.05) is 0 Å². The highest BCUT2D eigenvalue weighted by atomic mass is 32.3. The third kappa shape index (κ3) is 6.87. The van der Waals surface area contributed by atoms with Gasteiger partial charge in [-0.15, -0.1) is 4.99 Å². The lowest BCUT2D eigenvalue weighted by Crippen LogP contribution is -1.98. The zero-order chi connectivity index (χ0) is 7.33. The molecule has 0 N–H and O–H groups in total. The van der Waals surface area contributed by atoms with Gasteiger partial charge in [0.15, 0.2) is 0 Å². The predicted octanol–water partition coefficient (Wildman–Crippen LogP) is -0.812. The summed E-state index contributed by atoms with van der Waals surface area (Å²) < 4.78 is 32.0. The number of nitrogens with zero attached hydrogens (tertiary/aromatic N) is 2. The first-order valence-electron chi connectivity index (χ1n) is 1.61. The lowest BCUT2D eigenvalue weighted by atomic mass is 11.3. The SMILES string of the molecule is N#CN=COS([O])(=O)=O. The molecule has 0 heterocycles. The van der Waals surface area contributed by atoms with E-state index >= 15 is 0 Å². The molecule has 0 aromatic heterocycles. The molecule has 9 heavy (non-hydrogen) atoms. The van der Waals surface area contributed by atoms with E-state index in [-0.39, 0.29) is 6.40 Å². The minimum atomic E-state index is -4.75. The van der Waals surface area contributed by atoms with Crippen LogP contribution in [0.5, 0.6) is 0 Å². The van der Waals surface area contributed by atoms with Crippen LogP contribution in [-0.4, -0.2) is 14.8 Å². The van der Waals surface area contributed by atoms with Crippen LogP contribution in [-0.2, 0) is 19.1 Å². The summed E-state index contributed by atoms with van der Waals surface area (Å²) in [6.07, 6.45) is 1.43. The molecule has 0 aliphatic heterocycles. The fraction of sp³-hybridized carbons (Fsp3) is 0. The third-order valence-corrected chi connectivity index (χ3v) is 0.593. The smallest absolute Gasteiger partial charge is 0.347 e. The highest BCUT2D eigenvalue weighted by molar-refractivity contribution is 7.81. The first-order valence-corrected chi connectivity index (χ1v) is 2.94. The molecule has 0 amide bonds. The summed E-state index contributed by atoms with van der Waals surface area (Å²) in [6.45, 7) is 0. The van der Waals surface area contributed by atoms with Crippen LogP contribution in [0.4, 0.5) is 0 Å². The second kappa shape index (κ2) is 3.01. The van der Waals surface area contributed by atoms with Gasteiger partial charge in [-0.3, -0.25) is 0 Å². The van der Waals surface area contributed by atoms with E-state index in [1.807, 2.05) is 0 Å². The normalized spacial score (nSPS) is 11.1. The van der Waals surface area contributed by atoms with Gasteiger partial charge in [-0.2, -0.15) is 13.7 Å². The van der Waals surface area contributed by atoms with E-state index in [2.05, 4.69) is 9.18 Å². The van der Waals surface area contributed by atoms with Gasteiger partial charge >= 0.3 is 10.4 Å². The van der Waals surface area contributed by atoms with Crippen LogP contribution < -0.4 is 0 Å². The molecule has 0 aliphatic rings. The first kappa shape index (κ1) is 7.87. The van der Waals surface area contributed by atoms with Gasteiger partial charge in [-0.25, -0.2) is 0 Å². The third-order valence-electron chi connectivity index (χ3n) is 0.271. The van der Waals surface area contributed by atoms with Crippen LogP contribution in [0.15, 0.2) is 4.99 Å². The zero-order valence-corrected chi connectivity index (χ0v) is 4.83. The molecular weight excluding hydrogens is 148 g/mol. The van der Waals surface area contributed by atoms with E-state index in [0.717, 1.165) is 0 Å². The maximum atomic E-state index is 9.53. The fourth-order valence-electron chi connectivity index (χ4n) is 0.0978. The molecule has 0 saturated carbocycles. The van der Waals surface area contributed by atoms with Crippen molar-refractivity contribution in [2.75, 3.05) is 0 Å². The van der Waals surface area contributed by atoms with Crippen LogP contribution in [0.2, 0.25) is 0 Å². The molecule has 0 bridgehead atoms. The minimum absolute atomic E-state index is 0.252. The Bertz CT molecular complexity index is 234. The van der Waals surface area contributed by atoms with Crippen LogP contribution in [0, 0.1) is 11.5 Å². The monoisotopic (exact) mass is 149 g/mol. The molecule has 0 rings (SSSR count). The van der Waals surface area contributed by atoms with Crippen molar-refractivity contribution >= 4 is 16.8 Å². The second-order valence-electron chi connectivity index (χ2n) is 0.839. The van der Waals surface area contributed by atoms with E-state index in [9.17, 15) is 13.0 Å². The fourth-order valence-corrected chi connectivity index (χ4v) is 0.246. The summed E-state index contributed by atoms with van der Waals surface area (Å²) >= 11 is 0. The van der Waals surface area contributed by atoms with E-state index in [1.165, 1.54) is 6.19 Å². The van der Waals surface area contributed by atoms with Gasteiger partial charge in [0.2, 0.25) is 12.6 Å². The zero-order valence-electron chi connectivity index (χ0n) is 4.01. The summed E-state index contributed by atoms with van der Waals surface area (Å²) in [5, 5.41) is 7.64. The van der Waals surface area contributed by atoms with Crippen molar-refractivity contribution in [1.82, 2.24) is 0 Å². The van der Waals surface area contributed by atoms with E-state index in [0.29, 0.717) is 0 Å². The maximum Gasteiger partial charge on any atom is 0.478 e. The molecule has 7 heteroatoms. The average molecular weight is 149 g/mol. The van der Waals surface area contributed by atoms with Gasteiger partial charge < -0.3 is 4.18 Å². The predicted molar refractivity (Wildman–Crippen MR) is 24.8 cm³/mol. The van der Waals surface area contributed by atoms with Crippen LogP contribution in [0.25, 0.3) is 0 Å². The van der Waals surface area contributed by atoms with Crippen molar-refractivity contribution in [2.45, 2.75) is 0 Å². The Morgan fingerprint density at radius 1 is 1.67 bits per heavy atom. The largest absolute Gasteiger partial charge is 0.478 e. The Morgan fingerprint density at radius 2 is 2.22 bits per heavy atom. The quantitative estimate of drug-likeness (QED) is 0.291. The molecule has 0 aromatic carbocycles. The molecule has 0 fully saturated rings. The molecule has 0 aromatic rings. The van der Waals surface area contributed by atoms with Crippen molar-refractivity contribution in [1.29, 1.82) is 5.26 Å². The standard InChI is InChI=1S/C2HN2O4S/c3-1-4-2-8-9(5,6)7/h2H. The van der Waals surface area contributed by atoms with Crippen molar-refractivity contribution in [3.05, 3.63) is 0 Å². The number of rotatable bonds is 2. The lowest BCUT2D eigenvalue weighted by Gasteiger charge is -1.83. The summed E-state index contributed by atoms with van der Waals surface area (Å²) in [5.74, 6) is 0. The summed E-state index contributed by atoms with van der Waals surface area (Å²) in [7, 11) is -4.75. The van der Waals surface area contributed by atoms with E-state index < -0.39 is 10.4 Å². The number of nitriles is 1. The van der Waals surface area contributed by atoms with E-state index in [4.69, 9.17) is 5.26 Å². The Morgan fingerprint density at radius 3 is 2.56 bits per heavy atom.